The number of benzene rings is 1. The average molecular weight is 250 g/mol. The van der Waals surface area contributed by atoms with Crippen molar-refractivity contribution < 1.29 is 4.39 Å². The standard InChI is InChI=1S/C13H15FN2S/c1-9-4-5-11(14)7-10(9)8-12(16-15)13-3-2-6-17-13/h2-7,12,16H,8,15H2,1H3. The highest BCUT2D eigenvalue weighted by molar-refractivity contribution is 7.10. The van der Waals surface area contributed by atoms with E-state index >= 15 is 0 Å². The molecule has 0 saturated heterocycles. The summed E-state index contributed by atoms with van der Waals surface area (Å²) in [6, 6.07) is 8.91. The maximum absolute atomic E-state index is 13.2. The summed E-state index contributed by atoms with van der Waals surface area (Å²) in [7, 11) is 0. The van der Waals surface area contributed by atoms with Gasteiger partial charge < -0.3 is 0 Å². The molecule has 2 nitrogen and oxygen atoms in total. The molecular weight excluding hydrogens is 235 g/mol. The molecular formula is C13H15FN2S. The maximum Gasteiger partial charge on any atom is 0.123 e. The number of hydrazine groups is 1. The predicted molar refractivity (Wildman–Crippen MR) is 69.2 cm³/mol. The van der Waals surface area contributed by atoms with Gasteiger partial charge in [-0.15, -0.1) is 11.3 Å². The van der Waals surface area contributed by atoms with E-state index in [1.165, 1.54) is 6.07 Å². The molecule has 0 spiro atoms. The molecule has 0 fully saturated rings. The number of nitrogens with one attached hydrogen (secondary N) is 1. The first-order chi connectivity index (χ1) is 8.20. The van der Waals surface area contributed by atoms with Crippen LogP contribution in [0.25, 0.3) is 0 Å². The summed E-state index contributed by atoms with van der Waals surface area (Å²) in [4.78, 5) is 1.16. The molecule has 0 aliphatic rings. The van der Waals surface area contributed by atoms with Crippen LogP contribution < -0.4 is 11.3 Å². The number of hydrogen-bond acceptors (Lipinski definition) is 3. The van der Waals surface area contributed by atoms with Gasteiger partial charge in [-0.3, -0.25) is 11.3 Å². The Balaban J connectivity index is 2.21. The fourth-order valence-electron chi connectivity index (χ4n) is 1.81. The van der Waals surface area contributed by atoms with Crippen molar-refractivity contribution in [2.75, 3.05) is 0 Å². The first-order valence-corrected chi connectivity index (χ1v) is 6.33. The van der Waals surface area contributed by atoms with Gasteiger partial charge in [-0.2, -0.15) is 0 Å². The van der Waals surface area contributed by atoms with Crippen LogP contribution in [0, 0.1) is 12.7 Å². The van der Waals surface area contributed by atoms with Gasteiger partial charge in [-0.05, 0) is 48.1 Å². The SMILES string of the molecule is Cc1ccc(F)cc1CC(NN)c1cccs1. The summed E-state index contributed by atoms with van der Waals surface area (Å²) >= 11 is 1.65. The van der Waals surface area contributed by atoms with E-state index in [1.54, 1.807) is 23.5 Å². The van der Waals surface area contributed by atoms with Crippen molar-refractivity contribution >= 4 is 11.3 Å². The number of aryl methyl sites for hydroxylation is 1. The van der Waals surface area contributed by atoms with Gasteiger partial charge in [0.25, 0.3) is 0 Å². The Labute approximate surface area is 104 Å². The predicted octanol–water partition coefficient (Wildman–Crippen LogP) is 2.94. The minimum atomic E-state index is -0.201. The van der Waals surface area contributed by atoms with Gasteiger partial charge in [0.15, 0.2) is 0 Å². The highest BCUT2D eigenvalue weighted by Crippen LogP contribution is 2.23. The molecule has 0 bridgehead atoms. The van der Waals surface area contributed by atoms with Crippen molar-refractivity contribution in [3.8, 4) is 0 Å². The first kappa shape index (κ1) is 12.2. The molecule has 90 valence electrons. The van der Waals surface area contributed by atoms with Crippen molar-refractivity contribution in [2.24, 2.45) is 5.84 Å². The molecule has 1 aromatic carbocycles. The summed E-state index contributed by atoms with van der Waals surface area (Å²) in [6.45, 7) is 1.98. The fourth-order valence-corrected chi connectivity index (χ4v) is 2.60. The molecule has 0 aliphatic carbocycles. The Kier molecular flexibility index (Phi) is 3.89. The number of halogens is 1. The highest BCUT2D eigenvalue weighted by Gasteiger charge is 2.13. The summed E-state index contributed by atoms with van der Waals surface area (Å²) < 4.78 is 13.2. The Morgan fingerprint density at radius 2 is 2.24 bits per heavy atom. The quantitative estimate of drug-likeness (QED) is 0.647. The number of rotatable bonds is 4. The van der Waals surface area contributed by atoms with Gasteiger partial charge in [0, 0.05) is 4.88 Å². The highest BCUT2D eigenvalue weighted by atomic mass is 32.1. The van der Waals surface area contributed by atoms with Crippen molar-refractivity contribution in [1.82, 2.24) is 5.43 Å². The molecule has 3 N–H and O–H groups in total. The lowest BCUT2D eigenvalue weighted by atomic mass is 10.0. The van der Waals surface area contributed by atoms with E-state index in [-0.39, 0.29) is 11.9 Å². The molecule has 1 atom stereocenters. The molecule has 1 aromatic heterocycles. The Morgan fingerprint density at radius 3 is 2.88 bits per heavy atom. The van der Waals surface area contributed by atoms with E-state index in [1.807, 2.05) is 24.4 Å². The second kappa shape index (κ2) is 5.40. The van der Waals surface area contributed by atoms with Crippen molar-refractivity contribution in [3.05, 3.63) is 57.5 Å². The number of thiophene rings is 1. The number of nitrogens with two attached hydrogens (primary N) is 1. The maximum atomic E-state index is 13.2. The molecule has 1 heterocycles. The average Bonchev–Trinajstić information content (AvgIpc) is 2.84. The zero-order valence-electron chi connectivity index (χ0n) is 9.61. The largest absolute Gasteiger partial charge is 0.271 e. The van der Waals surface area contributed by atoms with Gasteiger partial charge in [0.2, 0.25) is 0 Å². The smallest absolute Gasteiger partial charge is 0.123 e. The Bertz CT molecular complexity index is 482. The second-order valence-electron chi connectivity index (χ2n) is 4.01. The van der Waals surface area contributed by atoms with Crippen molar-refractivity contribution in [3.63, 3.8) is 0 Å². The van der Waals surface area contributed by atoms with Crippen molar-refractivity contribution in [2.45, 2.75) is 19.4 Å². The molecule has 1 unspecified atom stereocenters. The lowest BCUT2D eigenvalue weighted by molar-refractivity contribution is 0.555. The van der Waals surface area contributed by atoms with Crippen LogP contribution >= 0.6 is 11.3 Å². The molecule has 2 rings (SSSR count). The van der Waals surface area contributed by atoms with Crippen LogP contribution in [0.1, 0.15) is 22.0 Å². The van der Waals surface area contributed by atoms with Gasteiger partial charge in [0.05, 0.1) is 6.04 Å². The molecule has 17 heavy (non-hydrogen) atoms. The molecule has 0 saturated carbocycles. The van der Waals surface area contributed by atoms with Crippen LogP contribution in [-0.4, -0.2) is 0 Å². The third-order valence-electron chi connectivity index (χ3n) is 2.82. The first-order valence-electron chi connectivity index (χ1n) is 5.45. The monoisotopic (exact) mass is 250 g/mol. The fraction of sp³-hybridized carbons (Fsp3) is 0.231. The lowest BCUT2D eigenvalue weighted by Gasteiger charge is -2.15. The van der Waals surface area contributed by atoms with Crippen LogP contribution in [0.4, 0.5) is 4.39 Å². The van der Waals surface area contributed by atoms with E-state index in [9.17, 15) is 4.39 Å². The third-order valence-corrected chi connectivity index (χ3v) is 3.81. The van der Waals surface area contributed by atoms with Crippen LogP contribution in [0.3, 0.4) is 0 Å². The molecule has 0 aliphatic heterocycles. The minimum absolute atomic E-state index is 0.0375. The molecule has 4 heteroatoms. The summed E-state index contributed by atoms with van der Waals surface area (Å²) in [5, 5.41) is 2.01. The van der Waals surface area contributed by atoms with E-state index in [0.717, 1.165) is 16.0 Å². The summed E-state index contributed by atoms with van der Waals surface area (Å²) in [6.07, 6.45) is 0.695. The lowest BCUT2D eigenvalue weighted by Crippen LogP contribution is -2.29. The van der Waals surface area contributed by atoms with E-state index in [2.05, 4.69) is 5.43 Å². The number of hydrogen-bond donors (Lipinski definition) is 2. The van der Waals surface area contributed by atoms with Gasteiger partial charge >= 0.3 is 0 Å². The van der Waals surface area contributed by atoms with Crippen LogP contribution in [0.2, 0.25) is 0 Å². The minimum Gasteiger partial charge on any atom is -0.271 e. The van der Waals surface area contributed by atoms with Crippen molar-refractivity contribution in [1.29, 1.82) is 0 Å². The third kappa shape index (κ3) is 2.91. The molecule has 0 radical (unpaired) electrons. The second-order valence-corrected chi connectivity index (χ2v) is 4.99. The van der Waals surface area contributed by atoms with Crippen LogP contribution in [-0.2, 0) is 6.42 Å². The molecule has 2 aromatic rings. The van der Waals surface area contributed by atoms with Crippen LogP contribution in [0.15, 0.2) is 35.7 Å². The zero-order chi connectivity index (χ0) is 12.3. The van der Waals surface area contributed by atoms with E-state index in [4.69, 9.17) is 5.84 Å². The summed E-state index contributed by atoms with van der Waals surface area (Å²) in [5.41, 5.74) is 4.86. The van der Waals surface area contributed by atoms with E-state index in [0.29, 0.717) is 6.42 Å². The van der Waals surface area contributed by atoms with Gasteiger partial charge in [0.1, 0.15) is 5.82 Å². The van der Waals surface area contributed by atoms with E-state index < -0.39 is 0 Å². The normalized spacial score (nSPS) is 12.6. The van der Waals surface area contributed by atoms with Gasteiger partial charge in [-0.25, -0.2) is 4.39 Å². The van der Waals surface area contributed by atoms with Crippen LogP contribution in [0.5, 0.6) is 0 Å². The molecule has 0 amide bonds. The topological polar surface area (TPSA) is 38.0 Å². The summed E-state index contributed by atoms with van der Waals surface area (Å²) in [5.74, 6) is 5.36. The Morgan fingerprint density at radius 1 is 1.41 bits per heavy atom. The Hall–Kier alpha value is -1.23. The zero-order valence-corrected chi connectivity index (χ0v) is 10.4. The van der Waals surface area contributed by atoms with Gasteiger partial charge in [-0.1, -0.05) is 12.1 Å².